The predicted octanol–water partition coefficient (Wildman–Crippen LogP) is 3.96. The van der Waals surface area contributed by atoms with Crippen molar-refractivity contribution in [2.24, 2.45) is 5.92 Å². The number of carbonyl (C=O) groups excluding carboxylic acids is 1. The zero-order valence-corrected chi connectivity index (χ0v) is 17.8. The van der Waals surface area contributed by atoms with Crippen molar-refractivity contribution < 1.29 is 27.2 Å². The van der Waals surface area contributed by atoms with Crippen LogP contribution in [0.1, 0.15) is 52.0 Å². The fourth-order valence-corrected chi connectivity index (χ4v) is 2.71. The van der Waals surface area contributed by atoms with Gasteiger partial charge in [0.25, 0.3) is 0 Å². The summed E-state index contributed by atoms with van der Waals surface area (Å²) in [5.74, 6) is 1.40. The Morgan fingerprint density at radius 3 is 2.64 bits per heavy atom. The number of carbonyl (C=O) groups is 1. The number of nitrogens with one attached hydrogen (secondary N) is 1. The highest BCUT2D eigenvalue weighted by Crippen LogP contribution is 2.29. The van der Waals surface area contributed by atoms with Crippen molar-refractivity contribution in [1.29, 1.82) is 0 Å². The van der Waals surface area contributed by atoms with E-state index in [4.69, 9.17) is 14.0 Å². The summed E-state index contributed by atoms with van der Waals surface area (Å²) in [4.78, 5) is 12.0. The number of rotatable bonds is 13. The fraction of sp³-hybridized carbons (Fsp3) is 0.550. The fourth-order valence-electron chi connectivity index (χ4n) is 2.44. The molecule has 1 aromatic carbocycles. The maximum Gasteiger partial charge on any atom is 0.305 e. The van der Waals surface area contributed by atoms with Crippen LogP contribution in [0.4, 0.5) is 0 Å². The van der Waals surface area contributed by atoms with Gasteiger partial charge in [0.1, 0.15) is 0 Å². The number of allylic oxidation sites excluding steroid dienone is 2. The van der Waals surface area contributed by atoms with Gasteiger partial charge in [0, 0.05) is 13.0 Å². The first kappa shape index (κ1) is 24.1. The minimum atomic E-state index is -2.42. The molecule has 0 saturated heterocycles. The predicted molar refractivity (Wildman–Crippen MR) is 109 cm³/mol. The van der Waals surface area contributed by atoms with E-state index in [1.165, 1.54) is 14.0 Å². The number of hydrogen-bond donors (Lipinski definition) is 2. The van der Waals surface area contributed by atoms with Gasteiger partial charge in [0.15, 0.2) is 11.5 Å². The van der Waals surface area contributed by atoms with Crippen molar-refractivity contribution in [2.45, 2.75) is 59.3 Å². The van der Waals surface area contributed by atoms with Gasteiger partial charge in [0.05, 0.1) is 7.11 Å². The van der Waals surface area contributed by atoms with Crippen LogP contribution < -0.4 is 14.8 Å². The lowest BCUT2D eigenvalue weighted by Crippen LogP contribution is -2.22. The van der Waals surface area contributed by atoms with E-state index in [1.54, 1.807) is 18.2 Å². The third-order valence-corrected chi connectivity index (χ3v) is 4.21. The summed E-state index contributed by atoms with van der Waals surface area (Å²) in [6.07, 6.45) is 6.78. The highest BCUT2D eigenvalue weighted by Gasteiger charge is 2.12. The molecule has 0 radical (unpaired) electrons. The minimum Gasteiger partial charge on any atom is -0.493 e. The second kappa shape index (κ2) is 13.3. The SMILES string of the molecule is COc1cc(CNC(=O)CCCC/C=C/C(C)C)ccc1OC(C)OS(=O)O. The quantitative estimate of drug-likeness (QED) is 0.220. The second-order valence-corrected chi connectivity index (χ2v) is 7.31. The normalized spacial score (nSPS) is 13.5. The molecule has 1 rings (SSSR count). The molecular formula is C20H31NO6S. The lowest BCUT2D eigenvalue weighted by Gasteiger charge is -2.16. The first-order valence-corrected chi connectivity index (χ1v) is 10.4. The molecule has 0 aliphatic carbocycles. The van der Waals surface area contributed by atoms with Crippen molar-refractivity contribution in [3.8, 4) is 11.5 Å². The molecule has 0 saturated carbocycles. The smallest absolute Gasteiger partial charge is 0.305 e. The summed E-state index contributed by atoms with van der Waals surface area (Å²) < 4.78 is 34.7. The molecule has 0 fully saturated rings. The molecule has 0 spiro atoms. The Kier molecular flexibility index (Phi) is 11.5. The number of benzene rings is 1. The molecule has 8 heteroatoms. The Balaban J connectivity index is 2.43. The van der Waals surface area contributed by atoms with Gasteiger partial charge in [-0.05, 0) is 49.8 Å². The summed E-state index contributed by atoms with van der Waals surface area (Å²) in [7, 11) is 1.49. The topological polar surface area (TPSA) is 94.1 Å². The number of methoxy groups -OCH3 is 1. The molecule has 2 atom stereocenters. The van der Waals surface area contributed by atoms with Gasteiger partial charge in [-0.3, -0.25) is 9.35 Å². The van der Waals surface area contributed by atoms with E-state index in [9.17, 15) is 9.00 Å². The van der Waals surface area contributed by atoms with Crippen LogP contribution in [0.3, 0.4) is 0 Å². The van der Waals surface area contributed by atoms with Crippen LogP contribution in [0.5, 0.6) is 11.5 Å². The zero-order valence-electron chi connectivity index (χ0n) is 17.0. The molecule has 7 nitrogen and oxygen atoms in total. The Morgan fingerprint density at radius 1 is 1.25 bits per heavy atom. The van der Waals surface area contributed by atoms with E-state index in [-0.39, 0.29) is 5.91 Å². The first-order chi connectivity index (χ1) is 13.3. The molecular weight excluding hydrogens is 382 g/mol. The maximum absolute atomic E-state index is 12.0. The molecule has 0 bridgehead atoms. The van der Waals surface area contributed by atoms with Crippen molar-refractivity contribution >= 4 is 17.3 Å². The van der Waals surface area contributed by atoms with E-state index < -0.39 is 17.7 Å². The van der Waals surface area contributed by atoms with Gasteiger partial charge in [0.2, 0.25) is 12.2 Å². The van der Waals surface area contributed by atoms with Crippen LogP contribution in [-0.4, -0.2) is 28.1 Å². The van der Waals surface area contributed by atoms with E-state index in [2.05, 4.69) is 35.5 Å². The maximum atomic E-state index is 12.0. The van der Waals surface area contributed by atoms with E-state index >= 15 is 0 Å². The Bertz CT molecular complexity index is 662. The minimum absolute atomic E-state index is 0.0135. The van der Waals surface area contributed by atoms with Crippen molar-refractivity contribution in [3.63, 3.8) is 0 Å². The largest absolute Gasteiger partial charge is 0.493 e. The van der Waals surface area contributed by atoms with Gasteiger partial charge in [-0.15, -0.1) is 0 Å². The molecule has 28 heavy (non-hydrogen) atoms. The van der Waals surface area contributed by atoms with Gasteiger partial charge in [-0.1, -0.05) is 32.1 Å². The van der Waals surface area contributed by atoms with Crippen LogP contribution in [0.25, 0.3) is 0 Å². The molecule has 158 valence electrons. The average molecular weight is 414 g/mol. The summed E-state index contributed by atoms with van der Waals surface area (Å²) in [6, 6.07) is 5.20. The number of amides is 1. The Morgan fingerprint density at radius 2 is 2.00 bits per heavy atom. The van der Waals surface area contributed by atoms with Crippen molar-refractivity contribution in [3.05, 3.63) is 35.9 Å². The van der Waals surface area contributed by atoms with Gasteiger partial charge >= 0.3 is 11.4 Å². The summed E-state index contributed by atoms with van der Waals surface area (Å²) in [5, 5.41) is 2.89. The van der Waals surface area contributed by atoms with Crippen LogP contribution in [0.2, 0.25) is 0 Å². The van der Waals surface area contributed by atoms with Crippen LogP contribution in [0, 0.1) is 5.92 Å². The highest BCUT2D eigenvalue weighted by atomic mass is 32.2. The average Bonchev–Trinajstić information content (AvgIpc) is 2.62. The van der Waals surface area contributed by atoms with Crippen molar-refractivity contribution in [1.82, 2.24) is 5.32 Å². The molecule has 2 unspecified atom stereocenters. The monoisotopic (exact) mass is 413 g/mol. The van der Waals surface area contributed by atoms with Crippen molar-refractivity contribution in [2.75, 3.05) is 7.11 Å². The molecule has 0 aromatic heterocycles. The highest BCUT2D eigenvalue weighted by molar-refractivity contribution is 7.74. The van der Waals surface area contributed by atoms with Gasteiger partial charge < -0.3 is 14.8 Å². The zero-order chi connectivity index (χ0) is 20.9. The third kappa shape index (κ3) is 10.4. The van der Waals surface area contributed by atoms with Gasteiger partial charge in [-0.2, -0.15) is 4.21 Å². The number of unbranched alkanes of at least 4 members (excludes halogenated alkanes) is 2. The molecule has 1 aromatic rings. The standard InChI is InChI=1S/C20H31NO6S/c1-15(2)9-7-5-6-8-10-20(22)21-14-17-11-12-18(19(13-17)25-4)26-16(3)27-28(23)24/h7,9,11-13,15-16H,5-6,8,10,14H2,1-4H3,(H,21,22)(H,23,24)/b9-7+. The Labute approximate surface area is 169 Å². The lowest BCUT2D eigenvalue weighted by molar-refractivity contribution is -0.121. The lowest BCUT2D eigenvalue weighted by atomic mass is 10.1. The summed E-state index contributed by atoms with van der Waals surface area (Å²) in [6.45, 7) is 6.17. The van der Waals surface area contributed by atoms with Crippen LogP contribution in [-0.2, 0) is 26.9 Å². The second-order valence-electron chi connectivity index (χ2n) is 6.68. The molecule has 1 amide bonds. The molecule has 0 aliphatic rings. The number of ether oxygens (including phenoxy) is 2. The van der Waals surface area contributed by atoms with Crippen LogP contribution >= 0.6 is 0 Å². The molecule has 0 heterocycles. The third-order valence-electron chi connectivity index (χ3n) is 3.77. The van der Waals surface area contributed by atoms with E-state index in [0.717, 1.165) is 24.8 Å². The molecule has 0 aliphatic heterocycles. The van der Waals surface area contributed by atoms with Gasteiger partial charge in [-0.25, -0.2) is 4.18 Å². The summed E-state index contributed by atoms with van der Waals surface area (Å²) in [5.41, 5.74) is 0.858. The number of hydrogen-bond acceptors (Lipinski definition) is 5. The van der Waals surface area contributed by atoms with E-state index in [0.29, 0.717) is 30.4 Å². The first-order valence-electron chi connectivity index (χ1n) is 9.36. The summed E-state index contributed by atoms with van der Waals surface area (Å²) >= 11 is -2.42. The van der Waals surface area contributed by atoms with Crippen LogP contribution in [0.15, 0.2) is 30.4 Å². The van der Waals surface area contributed by atoms with E-state index in [1.807, 2.05) is 0 Å². The molecule has 2 N–H and O–H groups in total. The Hall–Kier alpha value is -1.90.